The Morgan fingerprint density at radius 3 is 2.92 bits per heavy atom. The first-order chi connectivity index (χ1) is 12.1. The standard InChI is InChI=1S/C18H25N5O2/c1-14(2)17-19-8-11-22(17)9-3-7-20-18(24)15-5-6-16(21-13-15)23-10-4-12-25-23/h5-6,8,11,13-14H,3-4,7,9-10,12H2,1-2H3,(H,20,24). The van der Waals surface area contributed by atoms with Gasteiger partial charge in [-0.15, -0.1) is 0 Å². The quantitative estimate of drug-likeness (QED) is 0.782. The molecule has 0 aromatic carbocycles. The van der Waals surface area contributed by atoms with Crippen LogP contribution in [0.2, 0.25) is 0 Å². The molecule has 0 radical (unpaired) electrons. The van der Waals surface area contributed by atoms with Crippen LogP contribution < -0.4 is 10.4 Å². The Balaban J connectivity index is 1.45. The van der Waals surface area contributed by atoms with Crippen LogP contribution in [0.5, 0.6) is 0 Å². The van der Waals surface area contributed by atoms with Crippen molar-refractivity contribution in [2.45, 2.75) is 39.2 Å². The number of hydroxylamine groups is 1. The number of anilines is 1. The number of carbonyl (C=O) groups is 1. The third-order valence-electron chi connectivity index (χ3n) is 4.14. The second-order valence-corrected chi connectivity index (χ2v) is 6.44. The van der Waals surface area contributed by atoms with Crippen LogP contribution in [0.3, 0.4) is 0 Å². The van der Waals surface area contributed by atoms with Crippen molar-refractivity contribution in [3.05, 3.63) is 42.1 Å². The lowest BCUT2D eigenvalue weighted by Crippen LogP contribution is -2.26. The summed E-state index contributed by atoms with van der Waals surface area (Å²) < 4.78 is 2.14. The lowest BCUT2D eigenvalue weighted by Gasteiger charge is -2.14. The lowest BCUT2D eigenvalue weighted by atomic mass is 10.2. The molecule has 0 atom stereocenters. The van der Waals surface area contributed by atoms with E-state index in [0.29, 0.717) is 18.0 Å². The molecule has 134 valence electrons. The first kappa shape index (κ1) is 17.4. The minimum atomic E-state index is -0.101. The van der Waals surface area contributed by atoms with Gasteiger partial charge >= 0.3 is 0 Å². The molecule has 1 N–H and O–H groups in total. The molecule has 1 fully saturated rings. The summed E-state index contributed by atoms with van der Waals surface area (Å²) in [6, 6.07) is 3.60. The highest BCUT2D eigenvalue weighted by molar-refractivity contribution is 5.94. The molecule has 3 heterocycles. The molecule has 1 saturated heterocycles. The van der Waals surface area contributed by atoms with Crippen LogP contribution in [0.4, 0.5) is 5.82 Å². The molecular weight excluding hydrogens is 318 g/mol. The Morgan fingerprint density at radius 2 is 2.24 bits per heavy atom. The van der Waals surface area contributed by atoms with Gasteiger partial charge in [0.05, 0.1) is 12.2 Å². The van der Waals surface area contributed by atoms with E-state index in [9.17, 15) is 4.79 Å². The van der Waals surface area contributed by atoms with Crippen molar-refractivity contribution in [2.24, 2.45) is 0 Å². The number of carbonyl (C=O) groups excluding carboxylic acids is 1. The Morgan fingerprint density at radius 1 is 1.36 bits per heavy atom. The lowest BCUT2D eigenvalue weighted by molar-refractivity contribution is 0.0952. The molecule has 0 bridgehead atoms. The van der Waals surface area contributed by atoms with Crippen LogP contribution in [0.1, 0.15) is 48.8 Å². The maximum absolute atomic E-state index is 12.2. The Labute approximate surface area is 148 Å². The molecule has 0 spiro atoms. The van der Waals surface area contributed by atoms with Gasteiger partial charge in [0.15, 0.2) is 5.82 Å². The topological polar surface area (TPSA) is 72.3 Å². The van der Waals surface area contributed by atoms with E-state index in [1.807, 2.05) is 18.5 Å². The summed E-state index contributed by atoms with van der Waals surface area (Å²) in [7, 11) is 0. The van der Waals surface area contributed by atoms with Crippen LogP contribution in [-0.2, 0) is 11.4 Å². The van der Waals surface area contributed by atoms with Crippen LogP contribution in [0.25, 0.3) is 0 Å². The van der Waals surface area contributed by atoms with E-state index in [-0.39, 0.29) is 5.91 Å². The number of amides is 1. The Kier molecular flexibility index (Phi) is 5.65. The predicted octanol–water partition coefficient (Wildman–Crippen LogP) is 2.36. The average Bonchev–Trinajstić information content (AvgIpc) is 3.30. The van der Waals surface area contributed by atoms with E-state index in [2.05, 4.69) is 33.7 Å². The van der Waals surface area contributed by atoms with Crippen LogP contribution in [0.15, 0.2) is 30.7 Å². The van der Waals surface area contributed by atoms with Gasteiger partial charge in [-0.3, -0.25) is 9.63 Å². The third-order valence-corrected chi connectivity index (χ3v) is 4.14. The number of hydrogen-bond donors (Lipinski definition) is 1. The van der Waals surface area contributed by atoms with Crippen molar-refractivity contribution in [3.8, 4) is 0 Å². The zero-order valence-electron chi connectivity index (χ0n) is 14.8. The minimum Gasteiger partial charge on any atom is -0.352 e. The maximum atomic E-state index is 12.2. The van der Waals surface area contributed by atoms with Crippen molar-refractivity contribution in [1.82, 2.24) is 19.9 Å². The number of nitrogens with zero attached hydrogens (tertiary/aromatic N) is 4. The van der Waals surface area contributed by atoms with E-state index in [1.165, 1.54) is 0 Å². The summed E-state index contributed by atoms with van der Waals surface area (Å²) >= 11 is 0. The van der Waals surface area contributed by atoms with Crippen molar-refractivity contribution in [1.29, 1.82) is 0 Å². The van der Waals surface area contributed by atoms with Gasteiger partial charge in [0.1, 0.15) is 5.82 Å². The van der Waals surface area contributed by atoms with E-state index in [4.69, 9.17) is 4.84 Å². The highest BCUT2D eigenvalue weighted by atomic mass is 16.7. The highest BCUT2D eigenvalue weighted by Crippen LogP contribution is 2.16. The summed E-state index contributed by atoms with van der Waals surface area (Å²) in [6.45, 7) is 7.28. The van der Waals surface area contributed by atoms with Gasteiger partial charge in [0.2, 0.25) is 0 Å². The average molecular weight is 343 g/mol. The number of nitrogens with one attached hydrogen (secondary N) is 1. The zero-order chi connectivity index (χ0) is 17.6. The molecule has 1 aliphatic heterocycles. The normalized spacial score (nSPS) is 14.3. The van der Waals surface area contributed by atoms with Gasteiger partial charge in [0, 0.05) is 44.1 Å². The molecule has 7 heteroatoms. The van der Waals surface area contributed by atoms with Crippen LogP contribution >= 0.6 is 0 Å². The van der Waals surface area contributed by atoms with Crippen molar-refractivity contribution in [3.63, 3.8) is 0 Å². The first-order valence-electron chi connectivity index (χ1n) is 8.81. The number of aryl methyl sites for hydroxylation is 1. The van der Waals surface area contributed by atoms with Gasteiger partial charge in [-0.25, -0.2) is 15.0 Å². The smallest absolute Gasteiger partial charge is 0.252 e. The molecule has 2 aromatic heterocycles. The number of imidazole rings is 1. The van der Waals surface area contributed by atoms with Gasteiger partial charge in [-0.1, -0.05) is 13.8 Å². The van der Waals surface area contributed by atoms with Gasteiger partial charge < -0.3 is 9.88 Å². The Bertz CT molecular complexity index is 690. The van der Waals surface area contributed by atoms with Crippen LogP contribution in [-0.4, -0.2) is 40.1 Å². The molecule has 2 aromatic rings. The summed E-state index contributed by atoms with van der Waals surface area (Å²) in [5.41, 5.74) is 0.563. The van der Waals surface area contributed by atoms with E-state index in [1.54, 1.807) is 17.3 Å². The minimum absolute atomic E-state index is 0.101. The second kappa shape index (κ2) is 8.11. The third kappa shape index (κ3) is 4.36. The van der Waals surface area contributed by atoms with E-state index in [0.717, 1.165) is 44.2 Å². The zero-order valence-corrected chi connectivity index (χ0v) is 14.8. The molecule has 3 rings (SSSR count). The fraction of sp³-hybridized carbons (Fsp3) is 0.500. The summed E-state index contributed by atoms with van der Waals surface area (Å²) in [4.78, 5) is 26.3. The number of hydrogen-bond acceptors (Lipinski definition) is 5. The molecule has 25 heavy (non-hydrogen) atoms. The predicted molar refractivity (Wildman–Crippen MR) is 95.4 cm³/mol. The molecular formula is C18H25N5O2. The SMILES string of the molecule is CC(C)c1nccn1CCCNC(=O)c1ccc(N2CCCO2)nc1. The maximum Gasteiger partial charge on any atom is 0.252 e. The number of aromatic nitrogens is 3. The van der Waals surface area contributed by atoms with Gasteiger partial charge in [0.25, 0.3) is 5.91 Å². The number of rotatable bonds is 7. The fourth-order valence-corrected chi connectivity index (χ4v) is 2.86. The van der Waals surface area contributed by atoms with Crippen molar-refractivity contribution < 1.29 is 9.63 Å². The molecule has 1 aliphatic rings. The Hall–Kier alpha value is -2.41. The molecule has 0 saturated carbocycles. The summed E-state index contributed by atoms with van der Waals surface area (Å²) in [5, 5.41) is 4.70. The fourth-order valence-electron chi connectivity index (χ4n) is 2.86. The monoisotopic (exact) mass is 343 g/mol. The molecule has 1 amide bonds. The van der Waals surface area contributed by atoms with Crippen molar-refractivity contribution >= 4 is 11.7 Å². The van der Waals surface area contributed by atoms with Crippen LogP contribution in [0, 0.1) is 0 Å². The van der Waals surface area contributed by atoms with Gasteiger partial charge in [-0.05, 0) is 25.0 Å². The molecule has 7 nitrogen and oxygen atoms in total. The highest BCUT2D eigenvalue weighted by Gasteiger charge is 2.15. The molecule has 0 unspecified atom stereocenters. The first-order valence-corrected chi connectivity index (χ1v) is 8.81. The summed E-state index contributed by atoms with van der Waals surface area (Å²) in [5.74, 6) is 2.12. The van der Waals surface area contributed by atoms with Gasteiger partial charge in [-0.2, -0.15) is 0 Å². The number of pyridine rings is 1. The van der Waals surface area contributed by atoms with E-state index >= 15 is 0 Å². The second-order valence-electron chi connectivity index (χ2n) is 6.44. The molecule has 0 aliphatic carbocycles. The largest absolute Gasteiger partial charge is 0.352 e. The summed E-state index contributed by atoms with van der Waals surface area (Å²) in [6.07, 6.45) is 7.26. The van der Waals surface area contributed by atoms with Crippen molar-refractivity contribution in [2.75, 3.05) is 24.8 Å². The van der Waals surface area contributed by atoms with E-state index < -0.39 is 0 Å².